The lowest BCUT2D eigenvalue weighted by atomic mass is 9.87. The molecule has 3 unspecified atom stereocenters. The van der Waals surface area contributed by atoms with E-state index < -0.39 is 11.7 Å². The van der Waals surface area contributed by atoms with E-state index >= 15 is 0 Å². The number of aliphatic hydroxyl groups is 2. The number of rotatable bonds is 14. The van der Waals surface area contributed by atoms with E-state index in [9.17, 15) is 10.2 Å². The summed E-state index contributed by atoms with van der Waals surface area (Å²) in [5, 5.41) is 20.2. The first-order valence-electron chi connectivity index (χ1n) is 13.5. The second kappa shape index (κ2) is 15.0. The van der Waals surface area contributed by atoms with Crippen molar-refractivity contribution >= 4 is 14.8 Å². The monoisotopic (exact) mass is 484 g/mol. The van der Waals surface area contributed by atoms with Crippen LogP contribution in [0.4, 0.5) is 0 Å². The van der Waals surface area contributed by atoms with Gasteiger partial charge in [0.1, 0.15) is 0 Å². The topological polar surface area (TPSA) is 40.5 Å². The number of benzene rings is 1. The van der Waals surface area contributed by atoms with Gasteiger partial charge in [-0.15, -0.1) is 9.24 Å². The number of hydrogen-bond acceptors (Lipinski definition) is 2. The highest BCUT2D eigenvalue weighted by molar-refractivity contribution is 7.17. The fourth-order valence-corrected chi connectivity index (χ4v) is 5.26. The van der Waals surface area contributed by atoms with E-state index in [0.717, 1.165) is 56.9 Å². The van der Waals surface area contributed by atoms with E-state index in [1.165, 1.54) is 54.4 Å². The zero-order valence-electron chi connectivity index (χ0n) is 22.0. The quantitative estimate of drug-likeness (QED) is 0.206. The van der Waals surface area contributed by atoms with Crippen molar-refractivity contribution in [3.05, 3.63) is 65.3 Å². The van der Waals surface area contributed by atoms with Gasteiger partial charge in [0.25, 0.3) is 0 Å². The van der Waals surface area contributed by atoms with Crippen LogP contribution in [-0.4, -0.2) is 27.6 Å². The average molecular weight is 485 g/mol. The number of unbranched alkanes of at least 4 members (excludes halogenated alkanes) is 6. The molecule has 1 saturated carbocycles. The van der Waals surface area contributed by atoms with E-state index in [-0.39, 0.29) is 0 Å². The summed E-state index contributed by atoms with van der Waals surface area (Å²) in [5.41, 5.74) is 6.04. The Kier molecular flexibility index (Phi) is 12.8. The number of hydrogen-bond donors (Lipinski definition) is 2. The molecular formula is C31H49O2P. The highest BCUT2D eigenvalue weighted by Gasteiger charge is 2.23. The standard InChI is InChI=1S/C31H49O2P/c1-5-6-7-8-11-16-26(18-19-27-22-29(34)23-30(32)24(27)2)28-17-13-15-25(21-28)14-10-9-12-20-31(3,4)33/h13,15,17-19,21,29-30,32-33H,2,5-12,14,16,20,22-23,34H2,1,3-4H3. The molecule has 1 fully saturated rings. The Balaban J connectivity index is 2.10. The maximum Gasteiger partial charge on any atom is 0.0793 e. The third-order valence-electron chi connectivity index (χ3n) is 6.91. The van der Waals surface area contributed by atoms with Gasteiger partial charge in [-0.25, -0.2) is 0 Å². The first kappa shape index (κ1) is 29.0. The molecule has 1 aliphatic carbocycles. The molecule has 0 aromatic heterocycles. The lowest BCUT2D eigenvalue weighted by Gasteiger charge is -2.27. The largest absolute Gasteiger partial charge is 0.390 e. The van der Waals surface area contributed by atoms with Crippen LogP contribution in [0.1, 0.15) is 109 Å². The summed E-state index contributed by atoms with van der Waals surface area (Å²) in [6.45, 7) is 10.2. The molecule has 34 heavy (non-hydrogen) atoms. The van der Waals surface area contributed by atoms with Crippen molar-refractivity contribution in [2.75, 3.05) is 0 Å². The van der Waals surface area contributed by atoms with Crippen molar-refractivity contribution in [3.63, 3.8) is 0 Å². The molecule has 2 rings (SSSR count). The van der Waals surface area contributed by atoms with Crippen molar-refractivity contribution in [1.82, 2.24) is 0 Å². The lowest BCUT2D eigenvalue weighted by Crippen LogP contribution is -2.23. The molecule has 1 aromatic carbocycles. The molecular weight excluding hydrogens is 435 g/mol. The maximum absolute atomic E-state index is 10.3. The molecule has 3 atom stereocenters. The van der Waals surface area contributed by atoms with Crippen LogP contribution in [0.25, 0.3) is 5.57 Å². The first-order chi connectivity index (χ1) is 16.2. The van der Waals surface area contributed by atoms with Crippen LogP contribution in [0.15, 0.2) is 54.1 Å². The van der Waals surface area contributed by atoms with Crippen LogP contribution in [0, 0.1) is 0 Å². The van der Waals surface area contributed by atoms with Crippen LogP contribution < -0.4 is 0 Å². The molecule has 3 heteroatoms. The molecule has 0 spiro atoms. The van der Waals surface area contributed by atoms with Crippen LogP contribution in [0.5, 0.6) is 0 Å². The molecule has 190 valence electrons. The number of allylic oxidation sites excluding steroid dienone is 3. The van der Waals surface area contributed by atoms with Gasteiger partial charge >= 0.3 is 0 Å². The Morgan fingerprint density at radius 2 is 1.85 bits per heavy atom. The highest BCUT2D eigenvalue weighted by atomic mass is 31.0. The van der Waals surface area contributed by atoms with Gasteiger partial charge in [-0.2, -0.15) is 0 Å². The van der Waals surface area contributed by atoms with Crippen LogP contribution in [-0.2, 0) is 6.42 Å². The third-order valence-corrected chi connectivity index (χ3v) is 7.42. The van der Waals surface area contributed by atoms with Crippen LogP contribution in [0.3, 0.4) is 0 Å². The van der Waals surface area contributed by atoms with E-state index in [4.69, 9.17) is 0 Å². The maximum atomic E-state index is 10.3. The van der Waals surface area contributed by atoms with Gasteiger partial charge in [-0.05, 0) is 92.3 Å². The zero-order chi connectivity index (χ0) is 25.0. The molecule has 0 amide bonds. The fourth-order valence-electron chi connectivity index (χ4n) is 4.75. The lowest BCUT2D eigenvalue weighted by molar-refractivity contribution is 0.0681. The summed E-state index contributed by atoms with van der Waals surface area (Å²) < 4.78 is 0. The SMILES string of the molecule is C=C1C(=CC=C(CCCCCCC)c2cccc(CCCCCC(C)(C)O)c2)CC(P)CC1O. The van der Waals surface area contributed by atoms with Gasteiger partial charge in [0, 0.05) is 0 Å². The molecule has 0 saturated heterocycles. The Morgan fingerprint density at radius 1 is 1.12 bits per heavy atom. The predicted molar refractivity (Wildman–Crippen MR) is 152 cm³/mol. The first-order valence-corrected chi connectivity index (χ1v) is 14.2. The zero-order valence-corrected chi connectivity index (χ0v) is 23.1. The van der Waals surface area contributed by atoms with E-state index in [1.807, 2.05) is 13.8 Å². The molecule has 2 nitrogen and oxygen atoms in total. The van der Waals surface area contributed by atoms with Crippen LogP contribution >= 0.6 is 9.24 Å². The minimum absolute atomic E-state index is 0.414. The Labute approximate surface area is 211 Å². The van der Waals surface area contributed by atoms with Gasteiger partial charge in [-0.1, -0.05) is 88.4 Å². The van der Waals surface area contributed by atoms with Crippen molar-refractivity contribution < 1.29 is 10.2 Å². The Bertz CT molecular complexity index is 815. The van der Waals surface area contributed by atoms with E-state index in [1.54, 1.807) is 0 Å². The molecule has 0 aliphatic heterocycles. The summed E-state index contributed by atoms with van der Waals surface area (Å²) in [4.78, 5) is 0. The van der Waals surface area contributed by atoms with Crippen molar-refractivity contribution in [2.24, 2.45) is 0 Å². The molecule has 0 heterocycles. The van der Waals surface area contributed by atoms with Gasteiger partial charge in [-0.3, -0.25) is 0 Å². The fraction of sp³-hybridized carbons (Fsp3) is 0.613. The highest BCUT2D eigenvalue weighted by Crippen LogP contribution is 2.33. The Hall–Kier alpha value is -1.21. The second-order valence-corrected chi connectivity index (χ2v) is 11.8. The van der Waals surface area contributed by atoms with Gasteiger partial charge in [0.05, 0.1) is 11.7 Å². The summed E-state index contributed by atoms with van der Waals surface area (Å²) >= 11 is 0. The van der Waals surface area contributed by atoms with Crippen molar-refractivity contribution in [3.8, 4) is 0 Å². The minimum atomic E-state index is -0.554. The van der Waals surface area contributed by atoms with E-state index in [0.29, 0.717) is 5.66 Å². The van der Waals surface area contributed by atoms with Gasteiger partial charge < -0.3 is 10.2 Å². The molecule has 1 aliphatic rings. The molecule has 0 bridgehead atoms. The Morgan fingerprint density at radius 3 is 2.59 bits per heavy atom. The molecule has 1 aromatic rings. The minimum Gasteiger partial charge on any atom is -0.390 e. The average Bonchev–Trinajstić information content (AvgIpc) is 2.78. The normalized spacial score (nSPS) is 20.8. The van der Waals surface area contributed by atoms with Crippen LogP contribution in [0.2, 0.25) is 0 Å². The summed E-state index contributed by atoms with van der Waals surface area (Å²) in [7, 11) is 2.87. The van der Waals surface area contributed by atoms with Gasteiger partial charge in [0.2, 0.25) is 0 Å². The smallest absolute Gasteiger partial charge is 0.0793 e. The number of aliphatic hydroxyl groups excluding tert-OH is 1. The van der Waals surface area contributed by atoms with E-state index in [2.05, 4.69) is 59.2 Å². The van der Waals surface area contributed by atoms with Crippen molar-refractivity contribution in [1.29, 1.82) is 0 Å². The van der Waals surface area contributed by atoms with Crippen molar-refractivity contribution in [2.45, 2.75) is 122 Å². The summed E-state index contributed by atoms with van der Waals surface area (Å²) in [6.07, 6.45) is 18.7. The molecule has 2 N–H and O–H groups in total. The predicted octanol–water partition coefficient (Wildman–Crippen LogP) is 8.19. The molecule has 0 radical (unpaired) electrons. The summed E-state index contributed by atoms with van der Waals surface area (Å²) in [6, 6.07) is 9.06. The number of aryl methyl sites for hydroxylation is 1. The second-order valence-electron chi connectivity index (χ2n) is 10.9. The third kappa shape index (κ3) is 11.0. The van der Waals surface area contributed by atoms with Gasteiger partial charge in [0.15, 0.2) is 0 Å². The summed E-state index contributed by atoms with van der Waals surface area (Å²) in [5.74, 6) is 0.